The largest absolute Gasteiger partial charge is 0.393 e. The van der Waals surface area contributed by atoms with Gasteiger partial charge < -0.3 is 15.3 Å². The second-order valence-electron chi connectivity index (χ2n) is 5.61. The summed E-state index contributed by atoms with van der Waals surface area (Å²) < 4.78 is 14.0. The SMILES string of the molecule is OC1CCN(c2cccc(F)c2CNC2CC2)CC1. The first-order chi connectivity index (χ1) is 9.24. The molecule has 4 heteroatoms. The van der Waals surface area contributed by atoms with Crippen LogP contribution in [0, 0.1) is 5.82 Å². The molecule has 0 aromatic heterocycles. The predicted molar refractivity (Wildman–Crippen MR) is 73.7 cm³/mol. The van der Waals surface area contributed by atoms with Crippen LogP contribution in [0.1, 0.15) is 31.2 Å². The highest BCUT2D eigenvalue weighted by Crippen LogP contribution is 2.27. The number of aliphatic hydroxyl groups is 1. The molecule has 1 aromatic rings. The van der Waals surface area contributed by atoms with Gasteiger partial charge in [0.05, 0.1) is 6.10 Å². The average molecular weight is 264 g/mol. The number of aliphatic hydroxyl groups excluding tert-OH is 1. The average Bonchev–Trinajstić information content (AvgIpc) is 3.22. The van der Waals surface area contributed by atoms with Gasteiger partial charge in [-0.25, -0.2) is 4.39 Å². The van der Waals surface area contributed by atoms with Gasteiger partial charge >= 0.3 is 0 Å². The second-order valence-corrected chi connectivity index (χ2v) is 5.61. The van der Waals surface area contributed by atoms with E-state index in [0.29, 0.717) is 12.6 Å². The van der Waals surface area contributed by atoms with E-state index in [1.807, 2.05) is 6.07 Å². The Labute approximate surface area is 113 Å². The summed E-state index contributed by atoms with van der Waals surface area (Å²) in [4.78, 5) is 2.19. The Kier molecular flexibility index (Phi) is 3.71. The van der Waals surface area contributed by atoms with Crippen LogP contribution in [-0.2, 0) is 6.54 Å². The third kappa shape index (κ3) is 3.07. The number of anilines is 1. The van der Waals surface area contributed by atoms with Crippen LogP contribution in [0.2, 0.25) is 0 Å². The van der Waals surface area contributed by atoms with Gasteiger partial charge in [-0.2, -0.15) is 0 Å². The molecule has 2 fully saturated rings. The predicted octanol–water partition coefficient (Wildman–Crippen LogP) is 2.04. The molecule has 0 amide bonds. The minimum Gasteiger partial charge on any atom is -0.393 e. The van der Waals surface area contributed by atoms with Crippen molar-refractivity contribution in [3.05, 3.63) is 29.6 Å². The number of halogens is 1. The Morgan fingerprint density at radius 2 is 1.95 bits per heavy atom. The quantitative estimate of drug-likeness (QED) is 0.873. The number of hydrogen-bond acceptors (Lipinski definition) is 3. The molecule has 3 rings (SSSR count). The first kappa shape index (κ1) is 12.9. The second kappa shape index (κ2) is 5.47. The third-order valence-electron chi connectivity index (χ3n) is 4.04. The smallest absolute Gasteiger partial charge is 0.129 e. The van der Waals surface area contributed by atoms with Crippen molar-refractivity contribution in [2.75, 3.05) is 18.0 Å². The van der Waals surface area contributed by atoms with Gasteiger partial charge in [-0.1, -0.05) is 6.07 Å². The van der Waals surface area contributed by atoms with Crippen LogP contribution < -0.4 is 10.2 Å². The summed E-state index contributed by atoms with van der Waals surface area (Å²) in [5.41, 5.74) is 1.76. The third-order valence-corrected chi connectivity index (χ3v) is 4.04. The molecule has 1 aromatic carbocycles. The lowest BCUT2D eigenvalue weighted by molar-refractivity contribution is 0.145. The summed E-state index contributed by atoms with van der Waals surface area (Å²) in [6.45, 7) is 2.22. The summed E-state index contributed by atoms with van der Waals surface area (Å²) in [7, 11) is 0. The summed E-state index contributed by atoms with van der Waals surface area (Å²) in [6.07, 6.45) is 3.76. The van der Waals surface area contributed by atoms with Crippen LogP contribution in [0.4, 0.5) is 10.1 Å². The van der Waals surface area contributed by atoms with Crippen molar-refractivity contribution in [1.82, 2.24) is 5.32 Å². The first-order valence-corrected chi connectivity index (χ1v) is 7.18. The Morgan fingerprint density at radius 1 is 1.21 bits per heavy atom. The van der Waals surface area contributed by atoms with E-state index in [1.165, 1.54) is 18.9 Å². The lowest BCUT2D eigenvalue weighted by atomic mass is 10.0. The number of nitrogens with one attached hydrogen (secondary N) is 1. The van der Waals surface area contributed by atoms with E-state index in [4.69, 9.17) is 0 Å². The molecule has 0 spiro atoms. The van der Waals surface area contributed by atoms with Gasteiger partial charge in [0, 0.05) is 36.9 Å². The molecule has 3 nitrogen and oxygen atoms in total. The van der Waals surface area contributed by atoms with Crippen LogP contribution in [0.25, 0.3) is 0 Å². The highest BCUT2D eigenvalue weighted by atomic mass is 19.1. The number of rotatable bonds is 4. The molecule has 104 valence electrons. The molecular formula is C15H21FN2O. The summed E-state index contributed by atoms with van der Waals surface area (Å²) >= 11 is 0. The molecule has 1 heterocycles. The molecule has 2 aliphatic rings. The van der Waals surface area contributed by atoms with Gasteiger partial charge in [-0.3, -0.25) is 0 Å². The Morgan fingerprint density at radius 3 is 2.63 bits per heavy atom. The highest BCUT2D eigenvalue weighted by Gasteiger charge is 2.24. The van der Waals surface area contributed by atoms with Crippen molar-refractivity contribution in [2.45, 2.75) is 44.4 Å². The highest BCUT2D eigenvalue weighted by molar-refractivity contribution is 5.54. The maximum atomic E-state index is 14.0. The number of hydrogen-bond donors (Lipinski definition) is 2. The summed E-state index contributed by atoms with van der Waals surface area (Å²) in [5, 5.41) is 13.0. The zero-order valence-electron chi connectivity index (χ0n) is 11.1. The van der Waals surface area contributed by atoms with E-state index in [2.05, 4.69) is 10.2 Å². The zero-order chi connectivity index (χ0) is 13.2. The number of benzene rings is 1. The van der Waals surface area contributed by atoms with Crippen LogP contribution in [0.5, 0.6) is 0 Å². The van der Waals surface area contributed by atoms with Crippen molar-refractivity contribution >= 4 is 5.69 Å². The molecule has 2 N–H and O–H groups in total. The van der Waals surface area contributed by atoms with Crippen LogP contribution in [0.3, 0.4) is 0 Å². The Hall–Kier alpha value is -1.13. The molecule has 0 radical (unpaired) electrons. The molecular weight excluding hydrogens is 243 g/mol. The molecule has 1 aliphatic carbocycles. The fourth-order valence-corrected chi connectivity index (χ4v) is 2.66. The van der Waals surface area contributed by atoms with Gasteiger partial charge in [0.1, 0.15) is 5.82 Å². The van der Waals surface area contributed by atoms with Gasteiger partial charge in [0.15, 0.2) is 0 Å². The molecule has 1 aliphatic heterocycles. The maximum Gasteiger partial charge on any atom is 0.129 e. The topological polar surface area (TPSA) is 35.5 Å². The van der Waals surface area contributed by atoms with E-state index in [-0.39, 0.29) is 11.9 Å². The van der Waals surface area contributed by atoms with Gasteiger partial charge in [0.2, 0.25) is 0 Å². The van der Waals surface area contributed by atoms with Crippen molar-refractivity contribution in [3.8, 4) is 0 Å². The molecule has 1 saturated carbocycles. The fraction of sp³-hybridized carbons (Fsp3) is 0.600. The van der Waals surface area contributed by atoms with Crippen LogP contribution in [0.15, 0.2) is 18.2 Å². The number of nitrogens with zero attached hydrogens (tertiary/aromatic N) is 1. The molecule has 19 heavy (non-hydrogen) atoms. The lowest BCUT2D eigenvalue weighted by Crippen LogP contribution is -2.36. The Balaban J connectivity index is 1.76. The van der Waals surface area contributed by atoms with Gasteiger partial charge in [-0.05, 0) is 37.8 Å². The zero-order valence-corrected chi connectivity index (χ0v) is 11.1. The standard InChI is InChI=1S/C15H21FN2O/c16-14-2-1-3-15(13(14)10-17-11-4-5-11)18-8-6-12(19)7-9-18/h1-3,11-12,17,19H,4-10H2. The first-order valence-electron chi connectivity index (χ1n) is 7.18. The van der Waals surface area contributed by atoms with Crippen LogP contribution in [-0.4, -0.2) is 30.3 Å². The minimum atomic E-state index is -0.196. The van der Waals surface area contributed by atoms with E-state index >= 15 is 0 Å². The van der Waals surface area contributed by atoms with E-state index in [0.717, 1.165) is 37.2 Å². The van der Waals surface area contributed by atoms with Crippen molar-refractivity contribution in [2.24, 2.45) is 0 Å². The van der Waals surface area contributed by atoms with Gasteiger partial charge in [0.25, 0.3) is 0 Å². The van der Waals surface area contributed by atoms with Crippen molar-refractivity contribution in [1.29, 1.82) is 0 Å². The van der Waals surface area contributed by atoms with E-state index in [1.54, 1.807) is 6.07 Å². The maximum absolute atomic E-state index is 14.0. The van der Waals surface area contributed by atoms with Gasteiger partial charge in [-0.15, -0.1) is 0 Å². The molecule has 0 unspecified atom stereocenters. The normalized spacial score (nSPS) is 20.8. The van der Waals surface area contributed by atoms with E-state index in [9.17, 15) is 9.50 Å². The van der Waals surface area contributed by atoms with E-state index < -0.39 is 0 Å². The van der Waals surface area contributed by atoms with Crippen molar-refractivity contribution < 1.29 is 9.50 Å². The summed E-state index contributed by atoms with van der Waals surface area (Å²) in [5.74, 6) is -0.128. The fourth-order valence-electron chi connectivity index (χ4n) is 2.66. The van der Waals surface area contributed by atoms with Crippen LogP contribution >= 0.6 is 0 Å². The van der Waals surface area contributed by atoms with Crippen molar-refractivity contribution in [3.63, 3.8) is 0 Å². The molecule has 0 atom stereocenters. The summed E-state index contributed by atoms with van der Waals surface area (Å²) in [6, 6.07) is 5.88. The number of piperidine rings is 1. The Bertz CT molecular complexity index is 440. The monoisotopic (exact) mass is 264 g/mol. The molecule has 1 saturated heterocycles. The lowest BCUT2D eigenvalue weighted by Gasteiger charge is -2.33. The molecule has 0 bridgehead atoms. The minimum absolute atomic E-state index is 0.128.